The van der Waals surface area contributed by atoms with Gasteiger partial charge in [-0.2, -0.15) is 0 Å². The first-order chi connectivity index (χ1) is 13.6. The molecular formula is C24H26ClNO2. The molecule has 0 fully saturated rings. The van der Waals surface area contributed by atoms with Gasteiger partial charge in [-0.15, -0.1) is 0 Å². The van der Waals surface area contributed by atoms with E-state index >= 15 is 0 Å². The van der Waals surface area contributed by atoms with Gasteiger partial charge in [0.1, 0.15) is 0 Å². The number of hydrogen-bond donors (Lipinski definition) is 0. The first kappa shape index (κ1) is 20.3. The number of nitrogens with zero attached hydrogens (tertiary/aromatic N) is 1. The summed E-state index contributed by atoms with van der Waals surface area (Å²) in [6.45, 7) is 4.67. The Kier molecular flexibility index (Phi) is 7.05. The Labute approximate surface area is 171 Å². The van der Waals surface area contributed by atoms with Crippen LogP contribution in [0.1, 0.15) is 54.9 Å². The van der Waals surface area contributed by atoms with Crippen LogP contribution in [-0.4, -0.2) is 17.6 Å². The van der Waals surface area contributed by atoms with Crippen molar-refractivity contribution in [2.24, 2.45) is 0 Å². The lowest BCUT2D eigenvalue weighted by Crippen LogP contribution is -2.08. The van der Waals surface area contributed by atoms with E-state index in [1.165, 1.54) is 24.8 Å². The normalized spacial score (nSPS) is 11.0. The van der Waals surface area contributed by atoms with E-state index in [1.807, 2.05) is 43.3 Å². The van der Waals surface area contributed by atoms with Crippen molar-refractivity contribution in [3.8, 4) is 11.3 Å². The zero-order chi connectivity index (χ0) is 19.9. The molecule has 1 heterocycles. The van der Waals surface area contributed by atoms with Crippen molar-refractivity contribution < 1.29 is 9.53 Å². The van der Waals surface area contributed by atoms with E-state index < -0.39 is 0 Å². The molecule has 146 valence electrons. The van der Waals surface area contributed by atoms with Crippen LogP contribution < -0.4 is 0 Å². The van der Waals surface area contributed by atoms with Crippen molar-refractivity contribution in [2.75, 3.05) is 6.61 Å². The molecule has 0 N–H and O–H groups in total. The predicted molar refractivity (Wildman–Crippen MR) is 116 cm³/mol. The summed E-state index contributed by atoms with van der Waals surface area (Å²) < 4.78 is 5.56. The molecule has 1 aromatic heterocycles. The molecule has 0 saturated heterocycles. The molecule has 0 unspecified atom stereocenters. The average Bonchev–Trinajstić information content (AvgIpc) is 2.70. The fourth-order valence-corrected chi connectivity index (χ4v) is 3.36. The van der Waals surface area contributed by atoms with Crippen LogP contribution in [0.3, 0.4) is 0 Å². The Hall–Kier alpha value is -2.39. The molecule has 0 aliphatic rings. The number of halogens is 1. The maximum absolute atomic E-state index is 12.8. The minimum absolute atomic E-state index is 0.321. The number of rotatable bonds is 8. The number of hydrogen-bond acceptors (Lipinski definition) is 3. The molecule has 0 atom stereocenters. The quantitative estimate of drug-likeness (QED) is 0.304. The number of esters is 1. The minimum Gasteiger partial charge on any atom is -0.462 e. The van der Waals surface area contributed by atoms with Gasteiger partial charge in [-0.05, 0) is 37.6 Å². The monoisotopic (exact) mass is 395 g/mol. The van der Waals surface area contributed by atoms with Crippen LogP contribution in [0.5, 0.6) is 0 Å². The molecule has 0 aliphatic heterocycles. The molecule has 28 heavy (non-hydrogen) atoms. The maximum Gasteiger partial charge on any atom is 0.338 e. The first-order valence-electron chi connectivity index (χ1n) is 9.93. The van der Waals surface area contributed by atoms with E-state index in [2.05, 4.69) is 6.92 Å². The van der Waals surface area contributed by atoms with Crippen molar-refractivity contribution in [1.82, 2.24) is 4.98 Å². The lowest BCUT2D eigenvalue weighted by atomic mass is 10.0. The lowest BCUT2D eigenvalue weighted by molar-refractivity contribution is 0.0500. The summed E-state index contributed by atoms with van der Waals surface area (Å²) in [6, 6.07) is 15.3. The molecule has 0 bridgehead atoms. The van der Waals surface area contributed by atoms with Crippen molar-refractivity contribution in [3.63, 3.8) is 0 Å². The molecule has 3 rings (SSSR count). The van der Waals surface area contributed by atoms with Crippen molar-refractivity contribution in [3.05, 3.63) is 64.7 Å². The highest BCUT2D eigenvalue weighted by atomic mass is 35.5. The van der Waals surface area contributed by atoms with E-state index in [0.717, 1.165) is 35.0 Å². The van der Waals surface area contributed by atoms with E-state index in [9.17, 15) is 4.79 Å². The topological polar surface area (TPSA) is 39.2 Å². The highest BCUT2D eigenvalue weighted by Gasteiger charge is 2.16. The number of carbonyl (C=O) groups is 1. The van der Waals surface area contributed by atoms with Gasteiger partial charge < -0.3 is 4.74 Å². The maximum atomic E-state index is 12.8. The van der Waals surface area contributed by atoms with Crippen LogP contribution in [0.2, 0.25) is 5.02 Å². The molecule has 0 radical (unpaired) electrons. The minimum atomic E-state index is -0.321. The number of aryl methyl sites for hydroxylation is 1. The van der Waals surface area contributed by atoms with Gasteiger partial charge in [0.05, 0.1) is 23.4 Å². The third-order valence-corrected chi connectivity index (χ3v) is 5.05. The number of carbonyl (C=O) groups excluding carboxylic acids is 1. The number of pyridine rings is 1. The smallest absolute Gasteiger partial charge is 0.338 e. The van der Waals surface area contributed by atoms with Gasteiger partial charge in [0.25, 0.3) is 0 Å². The second-order valence-corrected chi connectivity index (χ2v) is 7.57. The van der Waals surface area contributed by atoms with Gasteiger partial charge in [0, 0.05) is 16.0 Å². The number of ether oxygens (including phenoxy) is 1. The summed E-state index contributed by atoms with van der Waals surface area (Å²) in [4.78, 5) is 17.5. The summed E-state index contributed by atoms with van der Waals surface area (Å²) >= 11 is 6.16. The number of aromatic nitrogens is 1. The van der Waals surface area contributed by atoms with Crippen molar-refractivity contribution in [2.45, 2.75) is 46.0 Å². The molecule has 2 aromatic carbocycles. The third-order valence-electron chi connectivity index (χ3n) is 4.82. The fraction of sp³-hybridized carbons (Fsp3) is 0.333. The van der Waals surface area contributed by atoms with E-state index in [0.29, 0.717) is 17.2 Å². The zero-order valence-electron chi connectivity index (χ0n) is 16.5. The van der Waals surface area contributed by atoms with E-state index in [-0.39, 0.29) is 5.97 Å². The van der Waals surface area contributed by atoms with Gasteiger partial charge >= 0.3 is 5.97 Å². The van der Waals surface area contributed by atoms with Crippen LogP contribution in [-0.2, 0) is 4.74 Å². The predicted octanol–water partition coefficient (Wildman–Crippen LogP) is 6.99. The largest absolute Gasteiger partial charge is 0.462 e. The van der Waals surface area contributed by atoms with Gasteiger partial charge in [-0.3, -0.25) is 0 Å². The van der Waals surface area contributed by atoms with Crippen molar-refractivity contribution >= 4 is 28.5 Å². The van der Waals surface area contributed by atoms with Gasteiger partial charge in [-0.1, -0.05) is 74.0 Å². The highest BCUT2D eigenvalue weighted by molar-refractivity contribution is 6.31. The number of fused-ring (bicyclic) bond motifs is 1. The number of benzene rings is 2. The molecule has 0 aliphatic carbocycles. The average molecular weight is 396 g/mol. The molecule has 0 spiro atoms. The van der Waals surface area contributed by atoms with Crippen LogP contribution in [0.4, 0.5) is 0 Å². The fourth-order valence-electron chi connectivity index (χ4n) is 3.19. The molecular weight excluding hydrogens is 370 g/mol. The second kappa shape index (κ2) is 9.70. The van der Waals surface area contributed by atoms with E-state index in [1.54, 1.807) is 12.1 Å². The zero-order valence-corrected chi connectivity index (χ0v) is 17.3. The van der Waals surface area contributed by atoms with Gasteiger partial charge in [0.15, 0.2) is 0 Å². The van der Waals surface area contributed by atoms with Crippen LogP contribution >= 0.6 is 11.6 Å². The summed E-state index contributed by atoms with van der Waals surface area (Å²) in [6.07, 6.45) is 5.57. The summed E-state index contributed by atoms with van der Waals surface area (Å²) in [5, 5.41) is 1.30. The third kappa shape index (κ3) is 5.11. The SMILES string of the molecule is CCCCCCCOC(=O)c1cc(-c2ccc(C)cc2)nc2ccc(Cl)cc12. The van der Waals surface area contributed by atoms with Gasteiger partial charge in [0.2, 0.25) is 0 Å². The van der Waals surface area contributed by atoms with E-state index in [4.69, 9.17) is 21.3 Å². The highest BCUT2D eigenvalue weighted by Crippen LogP contribution is 2.28. The Balaban J connectivity index is 1.87. The van der Waals surface area contributed by atoms with Crippen LogP contribution in [0.25, 0.3) is 22.2 Å². The van der Waals surface area contributed by atoms with Gasteiger partial charge in [-0.25, -0.2) is 9.78 Å². The molecule has 3 aromatic rings. The van der Waals surface area contributed by atoms with Crippen molar-refractivity contribution in [1.29, 1.82) is 0 Å². The second-order valence-electron chi connectivity index (χ2n) is 7.13. The summed E-state index contributed by atoms with van der Waals surface area (Å²) in [5.41, 5.74) is 4.15. The summed E-state index contributed by atoms with van der Waals surface area (Å²) in [5.74, 6) is -0.321. The molecule has 0 amide bonds. The van der Waals surface area contributed by atoms with Crippen LogP contribution in [0.15, 0.2) is 48.5 Å². The standard InChI is InChI=1S/C24H26ClNO2/c1-3-4-5-6-7-14-28-24(27)21-16-23(18-10-8-17(2)9-11-18)26-22-13-12-19(25)15-20(21)22/h8-13,15-16H,3-7,14H2,1-2H3. The number of unbranched alkanes of at least 4 members (excludes halogenated alkanes) is 4. The Morgan fingerprint density at radius 3 is 2.50 bits per heavy atom. The Morgan fingerprint density at radius 1 is 1.00 bits per heavy atom. The molecule has 3 nitrogen and oxygen atoms in total. The summed E-state index contributed by atoms with van der Waals surface area (Å²) in [7, 11) is 0. The Bertz CT molecular complexity index is 951. The first-order valence-corrected chi connectivity index (χ1v) is 10.3. The molecule has 0 saturated carbocycles. The molecule has 4 heteroatoms. The van der Waals surface area contributed by atoms with Crippen LogP contribution in [0, 0.1) is 6.92 Å². The Morgan fingerprint density at radius 2 is 1.75 bits per heavy atom. The lowest BCUT2D eigenvalue weighted by Gasteiger charge is -2.11.